The number of esters is 1. The fraction of sp³-hybridized carbons (Fsp3) is 0.400. The van der Waals surface area contributed by atoms with Crippen molar-refractivity contribution in [3.05, 3.63) is 28.6 Å². The first-order chi connectivity index (χ1) is 7.52. The summed E-state index contributed by atoms with van der Waals surface area (Å²) in [4.78, 5) is 15.2. The van der Waals surface area contributed by atoms with Crippen LogP contribution in [-0.4, -0.2) is 18.1 Å². The highest BCUT2D eigenvalue weighted by atomic mass is 79.9. The van der Waals surface area contributed by atoms with Gasteiger partial charge in [0.2, 0.25) is 0 Å². The smallest absolute Gasteiger partial charge is 0.339 e. The summed E-state index contributed by atoms with van der Waals surface area (Å²) in [6.07, 6.45) is -1.61. The van der Waals surface area contributed by atoms with Crippen LogP contribution in [0, 0.1) is 6.92 Å². The Morgan fingerprint density at radius 1 is 1.62 bits per heavy atom. The van der Waals surface area contributed by atoms with Crippen LogP contribution in [0.2, 0.25) is 0 Å². The van der Waals surface area contributed by atoms with E-state index in [1.165, 1.54) is 6.92 Å². The number of halogens is 3. The highest BCUT2D eigenvalue weighted by molar-refractivity contribution is 9.08. The molecule has 0 aliphatic carbocycles. The molecule has 0 fully saturated rings. The van der Waals surface area contributed by atoms with Crippen LogP contribution in [0.3, 0.4) is 0 Å². The van der Waals surface area contributed by atoms with Crippen molar-refractivity contribution in [2.45, 2.75) is 18.7 Å². The monoisotopic (exact) mass is 293 g/mol. The number of hydrogen-bond donors (Lipinski definition) is 0. The van der Waals surface area contributed by atoms with E-state index in [1.807, 2.05) is 0 Å². The molecular weight excluding hydrogens is 284 g/mol. The number of ether oxygens (including phenoxy) is 1. The SMILES string of the molecule is COC(=O)c1cnc(CBr)c(C)c1C(F)F. The van der Waals surface area contributed by atoms with Crippen molar-refractivity contribution in [1.29, 1.82) is 0 Å². The molecule has 0 atom stereocenters. The average Bonchev–Trinajstić information content (AvgIpc) is 2.26. The van der Waals surface area contributed by atoms with Crippen LogP contribution in [0.15, 0.2) is 6.20 Å². The first kappa shape index (κ1) is 13.0. The number of carbonyl (C=O) groups is 1. The third-order valence-electron chi connectivity index (χ3n) is 2.23. The van der Waals surface area contributed by atoms with Crippen molar-refractivity contribution in [3.63, 3.8) is 0 Å². The fourth-order valence-corrected chi connectivity index (χ4v) is 1.92. The van der Waals surface area contributed by atoms with Crippen molar-refractivity contribution in [3.8, 4) is 0 Å². The van der Waals surface area contributed by atoms with Crippen molar-refractivity contribution in [2.24, 2.45) is 0 Å². The number of hydrogen-bond acceptors (Lipinski definition) is 3. The molecule has 88 valence electrons. The predicted molar refractivity (Wildman–Crippen MR) is 57.9 cm³/mol. The van der Waals surface area contributed by atoms with Crippen LogP contribution in [0.5, 0.6) is 0 Å². The van der Waals surface area contributed by atoms with Crippen molar-refractivity contribution in [2.75, 3.05) is 7.11 Å². The Morgan fingerprint density at radius 2 is 2.25 bits per heavy atom. The molecule has 1 rings (SSSR count). The van der Waals surface area contributed by atoms with E-state index in [2.05, 4.69) is 25.7 Å². The Morgan fingerprint density at radius 3 is 2.69 bits per heavy atom. The molecule has 6 heteroatoms. The topological polar surface area (TPSA) is 39.2 Å². The zero-order valence-corrected chi connectivity index (χ0v) is 10.3. The van der Waals surface area contributed by atoms with Gasteiger partial charge in [-0.15, -0.1) is 0 Å². The Kier molecular flexibility index (Phi) is 4.35. The zero-order valence-electron chi connectivity index (χ0n) is 8.76. The maximum Gasteiger partial charge on any atom is 0.339 e. The molecule has 0 aliphatic rings. The second-order valence-corrected chi connectivity index (χ2v) is 3.64. The summed E-state index contributed by atoms with van der Waals surface area (Å²) in [7, 11) is 1.14. The van der Waals surface area contributed by atoms with Crippen LogP contribution in [0.4, 0.5) is 8.78 Å². The van der Waals surface area contributed by atoms with Crippen molar-refractivity contribution in [1.82, 2.24) is 4.98 Å². The molecule has 1 heterocycles. The van der Waals surface area contributed by atoms with Gasteiger partial charge >= 0.3 is 5.97 Å². The normalized spacial score (nSPS) is 10.6. The maximum absolute atomic E-state index is 12.9. The van der Waals surface area contributed by atoms with Crippen LogP contribution >= 0.6 is 15.9 Å². The minimum Gasteiger partial charge on any atom is -0.465 e. The quantitative estimate of drug-likeness (QED) is 0.635. The number of nitrogens with zero attached hydrogens (tertiary/aromatic N) is 1. The van der Waals surface area contributed by atoms with Gasteiger partial charge < -0.3 is 4.74 Å². The average molecular weight is 294 g/mol. The van der Waals surface area contributed by atoms with Crippen LogP contribution in [0.1, 0.15) is 33.6 Å². The van der Waals surface area contributed by atoms with Gasteiger partial charge in [-0.2, -0.15) is 0 Å². The molecule has 0 unspecified atom stereocenters. The molecule has 1 aromatic rings. The summed E-state index contributed by atoms with van der Waals surface area (Å²) >= 11 is 3.15. The molecule has 16 heavy (non-hydrogen) atoms. The Bertz CT molecular complexity index is 410. The van der Waals surface area contributed by atoms with Crippen molar-refractivity contribution >= 4 is 21.9 Å². The lowest BCUT2D eigenvalue weighted by Crippen LogP contribution is -2.10. The van der Waals surface area contributed by atoms with Crippen LogP contribution < -0.4 is 0 Å². The largest absolute Gasteiger partial charge is 0.465 e. The van der Waals surface area contributed by atoms with Gasteiger partial charge in [0.05, 0.1) is 18.4 Å². The molecule has 0 N–H and O–H groups in total. The van der Waals surface area contributed by atoms with Crippen LogP contribution in [0.25, 0.3) is 0 Å². The van der Waals surface area contributed by atoms with E-state index >= 15 is 0 Å². The lowest BCUT2D eigenvalue weighted by molar-refractivity contribution is 0.0588. The first-order valence-electron chi connectivity index (χ1n) is 4.43. The summed E-state index contributed by atoms with van der Waals surface area (Å²) in [6.45, 7) is 1.51. The minimum atomic E-state index is -2.73. The fourth-order valence-electron chi connectivity index (χ4n) is 1.35. The third kappa shape index (κ3) is 2.37. The molecule has 0 saturated heterocycles. The second kappa shape index (κ2) is 5.34. The van der Waals surface area contributed by atoms with Gasteiger partial charge in [-0.3, -0.25) is 4.98 Å². The van der Waals surface area contributed by atoms with E-state index in [1.54, 1.807) is 0 Å². The number of aromatic nitrogens is 1. The molecule has 0 radical (unpaired) electrons. The highest BCUT2D eigenvalue weighted by Gasteiger charge is 2.23. The van der Waals surface area contributed by atoms with E-state index in [4.69, 9.17) is 0 Å². The third-order valence-corrected chi connectivity index (χ3v) is 2.76. The Hall–Kier alpha value is -1.04. The van der Waals surface area contributed by atoms with E-state index in [0.717, 1.165) is 13.3 Å². The summed E-state index contributed by atoms with van der Waals surface area (Å²) in [5.41, 5.74) is 0.314. The number of pyridine rings is 1. The molecule has 3 nitrogen and oxygen atoms in total. The van der Waals surface area contributed by atoms with E-state index in [-0.39, 0.29) is 11.1 Å². The van der Waals surface area contributed by atoms with Gasteiger partial charge in [0.15, 0.2) is 0 Å². The van der Waals surface area contributed by atoms with Gasteiger partial charge in [-0.05, 0) is 12.5 Å². The Labute approximate surface area is 99.9 Å². The van der Waals surface area contributed by atoms with Gasteiger partial charge in [0.1, 0.15) is 0 Å². The predicted octanol–water partition coefficient (Wildman–Crippen LogP) is 3.01. The second-order valence-electron chi connectivity index (χ2n) is 3.08. The summed E-state index contributed by atoms with van der Waals surface area (Å²) in [6, 6.07) is 0. The van der Waals surface area contributed by atoms with Gasteiger partial charge in [0, 0.05) is 17.1 Å². The molecule has 1 aromatic heterocycles. The van der Waals surface area contributed by atoms with E-state index in [0.29, 0.717) is 16.6 Å². The Balaban J connectivity index is 3.40. The lowest BCUT2D eigenvalue weighted by Gasteiger charge is -2.12. The van der Waals surface area contributed by atoms with Crippen LogP contribution in [-0.2, 0) is 10.1 Å². The molecule has 0 spiro atoms. The van der Waals surface area contributed by atoms with Crippen molar-refractivity contribution < 1.29 is 18.3 Å². The summed E-state index contributed by atoms with van der Waals surface area (Å²) < 4.78 is 30.1. The summed E-state index contributed by atoms with van der Waals surface area (Å²) in [5.74, 6) is -0.799. The zero-order chi connectivity index (χ0) is 12.3. The molecule has 0 aromatic carbocycles. The van der Waals surface area contributed by atoms with Gasteiger partial charge in [0.25, 0.3) is 6.43 Å². The number of alkyl halides is 3. The van der Waals surface area contributed by atoms with E-state index < -0.39 is 12.4 Å². The number of methoxy groups -OCH3 is 1. The number of rotatable bonds is 3. The number of carbonyl (C=O) groups excluding carboxylic acids is 1. The maximum atomic E-state index is 12.9. The molecule has 0 aliphatic heterocycles. The standard InChI is InChI=1S/C10H10BrF2NO2/c1-5-7(3-11)14-4-6(10(15)16-2)8(5)9(12)13/h4,9H,3H2,1-2H3. The lowest BCUT2D eigenvalue weighted by atomic mass is 10.0. The highest BCUT2D eigenvalue weighted by Crippen LogP contribution is 2.28. The molecular formula is C10H10BrF2NO2. The van der Waals surface area contributed by atoms with Gasteiger partial charge in [-0.25, -0.2) is 13.6 Å². The molecule has 0 amide bonds. The molecule has 0 saturated carbocycles. The molecule has 0 bridgehead atoms. The van der Waals surface area contributed by atoms with Gasteiger partial charge in [-0.1, -0.05) is 15.9 Å². The minimum absolute atomic E-state index is 0.181. The van der Waals surface area contributed by atoms with E-state index in [9.17, 15) is 13.6 Å². The summed E-state index contributed by atoms with van der Waals surface area (Å²) in [5, 5.41) is 0.361. The first-order valence-corrected chi connectivity index (χ1v) is 5.55.